The first-order valence-corrected chi connectivity index (χ1v) is 12.8. The molecule has 1 atom stereocenters. The van der Waals surface area contributed by atoms with E-state index in [1.54, 1.807) is 33.8 Å². The summed E-state index contributed by atoms with van der Waals surface area (Å²) in [5.74, 6) is -2.02. The summed E-state index contributed by atoms with van der Waals surface area (Å²) in [6, 6.07) is 3.74. The smallest absolute Gasteiger partial charge is 0.408 e. The molecule has 0 bridgehead atoms. The number of carbonyl (C=O) groups excluding carboxylic acids is 2. The van der Waals surface area contributed by atoms with Crippen molar-refractivity contribution < 1.29 is 32.6 Å². The SMILES string of the molecule is C=CCCCOc1cc(C)cc(C)c1-c1cc(C)c(F)c([C@H](CC(=O)OCC)NC(=O)OC(C)(C)C)c1F. The van der Waals surface area contributed by atoms with E-state index in [2.05, 4.69) is 11.9 Å². The van der Waals surface area contributed by atoms with Gasteiger partial charge in [-0.1, -0.05) is 12.1 Å². The minimum Gasteiger partial charge on any atom is -0.493 e. The molecule has 0 saturated carbocycles. The Balaban J connectivity index is 2.68. The second-order valence-electron chi connectivity index (χ2n) is 10.2. The van der Waals surface area contributed by atoms with Gasteiger partial charge in [-0.15, -0.1) is 6.58 Å². The van der Waals surface area contributed by atoms with Crippen LogP contribution < -0.4 is 10.1 Å². The molecule has 0 aliphatic heterocycles. The Morgan fingerprint density at radius 2 is 1.76 bits per heavy atom. The number of hydrogen-bond acceptors (Lipinski definition) is 5. The largest absolute Gasteiger partial charge is 0.493 e. The third-order valence-electron chi connectivity index (χ3n) is 5.66. The number of halogens is 2. The van der Waals surface area contributed by atoms with Crippen molar-refractivity contribution in [1.29, 1.82) is 0 Å². The second-order valence-corrected chi connectivity index (χ2v) is 10.2. The predicted molar refractivity (Wildman–Crippen MR) is 144 cm³/mol. The third kappa shape index (κ3) is 8.30. The van der Waals surface area contributed by atoms with E-state index in [0.29, 0.717) is 17.9 Å². The van der Waals surface area contributed by atoms with Crippen LogP contribution in [0.3, 0.4) is 0 Å². The number of allylic oxidation sites excluding steroid dienone is 1. The Kier molecular flexibility index (Phi) is 10.9. The first kappa shape index (κ1) is 30.8. The standard InChI is InChI=1S/C30H39F2NO5/c1-9-11-12-13-37-23-15-18(3)14-19(4)25(23)21-16-20(5)27(31)26(28(21)32)22(17-24(34)36-10-2)33-29(35)38-30(6,7)8/h9,14-16,22H,1,10-13,17H2,2-8H3,(H,33,35)/t22-/m0/s1. The fraction of sp³-hybridized carbons (Fsp3) is 0.467. The number of rotatable bonds is 11. The Labute approximate surface area is 224 Å². The quantitative estimate of drug-likeness (QED) is 0.186. The van der Waals surface area contributed by atoms with E-state index in [-0.39, 0.29) is 17.7 Å². The highest BCUT2D eigenvalue weighted by atomic mass is 19.1. The molecule has 6 nitrogen and oxygen atoms in total. The number of amides is 1. The molecule has 2 aromatic rings. The fourth-order valence-electron chi connectivity index (χ4n) is 4.14. The van der Waals surface area contributed by atoms with Crippen molar-refractivity contribution in [3.8, 4) is 16.9 Å². The molecule has 0 aromatic heterocycles. The topological polar surface area (TPSA) is 73.9 Å². The number of benzene rings is 2. The lowest BCUT2D eigenvalue weighted by Gasteiger charge is -2.25. The Hall–Kier alpha value is -3.42. The monoisotopic (exact) mass is 531 g/mol. The van der Waals surface area contributed by atoms with Crippen molar-refractivity contribution in [3.05, 3.63) is 64.7 Å². The van der Waals surface area contributed by atoms with Crippen LogP contribution >= 0.6 is 0 Å². The van der Waals surface area contributed by atoms with Gasteiger partial charge >= 0.3 is 12.1 Å². The number of esters is 1. The Morgan fingerprint density at radius 3 is 2.37 bits per heavy atom. The molecule has 0 fully saturated rings. The Bertz CT molecular complexity index is 1170. The maximum Gasteiger partial charge on any atom is 0.408 e. The zero-order chi connectivity index (χ0) is 28.6. The van der Waals surface area contributed by atoms with E-state index >= 15 is 8.78 Å². The van der Waals surface area contributed by atoms with Crippen LogP contribution in [0.5, 0.6) is 5.75 Å². The zero-order valence-corrected chi connectivity index (χ0v) is 23.4. The van der Waals surface area contributed by atoms with Gasteiger partial charge in [0.25, 0.3) is 0 Å². The molecule has 0 radical (unpaired) electrons. The average Bonchev–Trinajstić information content (AvgIpc) is 2.78. The molecule has 0 spiro atoms. The summed E-state index contributed by atoms with van der Waals surface area (Å²) in [5.41, 5.74) is 1.09. The number of alkyl carbamates (subject to hydrolysis) is 1. The number of unbranched alkanes of at least 4 members (excludes halogenated alkanes) is 1. The van der Waals surface area contributed by atoms with Crippen molar-refractivity contribution in [2.75, 3.05) is 13.2 Å². The minimum atomic E-state index is -1.37. The summed E-state index contributed by atoms with van der Waals surface area (Å²) >= 11 is 0. The minimum absolute atomic E-state index is 0.0805. The molecule has 0 aliphatic rings. The molecule has 1 amide bonds. The van der Waals surface area contributed by atoms with Crippen LogP contribution in [0.2, 0.25) is 0 Å². The van der Waals surface area contributed by atoms with Crippen molar-refractivity contribution in [1.82, 2.24) is 5.32 Å². The highest BCUT2D eigenvalue weighted by Crippen LogP contribution is 2.40. The Morgan fingerprint density at radius 1 is 1.08 bits per heavy atom. The highest BCUT2D eigenvalue weighted by molar-refractivity contribution is 5.78. The number of ether oxygens (including phenoxy) is 3. The lowest BCUT2D eigenvalue weighted by molar-refractivity contribution is -0.143. The van der Waals surface area contributed by atoms with E-state index in [4.69, 9.17) is 14.2 Å². The van der Waals surface area contributed by atoms with Gasteiger partial charge < -0.3 is 19.5 Å². The molecule has 1 N–H and O–H groups in total. The van der Waals surface area contributed by atoms with Gasteiger partial charge in [0.05, 0.1) is 25.7 Å². The van der Waals surface area contributed by atoms with Crippen molar-refractivity contribution in [3.63, 3.8) is 0 Å². The van der Waals surface area contributed by atoms with Crippen LogP contribution in [0.1, 0.15) is 75.3 Å². The van der Waals surface area contributed by atoms with Crippen LogP contribution in [0.25, 0.3) is 11.1 Å². The summed E-state index contributed by atoms with van der Waals surface area (Å²) in [6.07, 6.45) is 1.89. The predicted octanol–water partition coefficient (Wildman–Crippen LogP) is 7.42. The molecular weight excluding hydrogens is 492 g/mol. The van der Waals surface area contributed by atoms with Crippen molar-refractivity contribution in [2.45, 2.75) is 79.4 Å². The maximum atomic E-state index is 16.3. The van der Waals surface area contributed by atoms with E-state index in [1.165, 1.54) is 13.0 Å². The third-order valence-corrected chi connectivity index (χ3v) is 5.66. The molecule has 0 unspecified atom stereocenters. The molecule has 2 rings (SSSR count). The molecular formula is C30H39F2NO5. The number of hydrogen-bond donors (Lipinski definition) is 1. The molecule has 8 heteroatoms. The molecule has 0 saturated heterocycles. The first-order valence-electron chi connectivity index (χ1n) is 12.8. The van der Waals surface area contributed by atoms with Gasteiger partial charge in [0.2, 0.25) is 0 Å². The molecule has 38 heavy (non-hydrogen) atoms. The highest BCUT2D eigenvalue weighted by Gasteiger charge is 2.31. The summed E-state index contributed by atoms with van der Waals surface area (Å²) in [6.45, 7) is 16.0. The average molecular weight is 532 g/mol. The van der Waals surface area contributed by atoms with Gasteiger partial charge in [0.15, 0.2) is 0 Å². The summed E-state index contributed by atoms with van der Waals surface area (Å²) in [7, 11) is 0. The van der Waals surface area contributed by atoms with Crippen LogP contribution in [0.4, 0.5) is 13.6 Å². The molecule has 0 aliphatic carbocycles. The lowest BCUT2D eigenvalue weighted by Crippen LogP contribution is -2.37. The number of aryl methyl sites for hydroxylation is 3. The molecule has 208 valence electrons. The molecule has 0 heterocycles. The van der Waals surface area contributed by atoms with Crippen LogP contribution in [0.15, 0.2) is 30.9 Å². The zero-order valence-electron chi connectivity index (χ0n) is 23.4. The first-order chi connectivity index (χ1) is 17.8. The summed E-state index contributed by atoms with van der Waals surface area (Å²) < 4.78 is 48.2. The van der Waals surface area contributed by atoms with E-state index in [0.717, 1.165) is 24.0 Å². The van der Waals surface area contributed by atoms with E-state index in [9.17, 15) is 9.59 Å². The van der Waals surface area contributed by atoms with Crippen LogP contribution in [0, 0.1) is 32.4 Å². The van der Waals surface area contributed by atoms with Gasteiger partial charge in [-0.25, -0.2) is 13.6 Å². The van der Waals surface area contributed by atoms with Gasteiger partial charge in [-0.05, 0) is 90.1 Å². The maximum absolute atomic E-state index is 16.3. The van der Waals surface area contributed by atoms with Crippen molar-refractivity contribution in [2.24, 2.45) is 0 Å². The van der Waals surface area contributed by atoms with Crippen LogP contribution in [-0.4, -0.2) is 30.9 Å². The van der Waals surface area contributed by atoms with E-state index < -0.39 is 47.3 Å². The number of carbonyl (C=O) groups is 2. The van der Waals surface area contributed by atoms with Gasteiger partial charge in [0, 0.05) is 16.7 Å². The fourth-order valence-corrected chi connectivity index (χ4v) is 4.14. The van der Waals surface area contributed by atoms with Gasteiger partial charge in [-0.2, -0.15) is 0 Å². The normalized spacial score (nSPS) is 12.0. The second kappa shape index (κ2) is 13.4. The van der Waals surface area contributed by atoms with E-state index in [1.807, 2.05) is 26.0 Å². The van der Waals surface area contributed by atoms with Crippen molar-refractivity contribution >= 4 is 12.1 Å². The summed E-state index contributed by atoms with van der Waals surface area (Å²) in [4.78, 5) is 25.0. The van der Waals surface area contributed by atoms with Crippen LogP contribution in [-0.2, 0) is 14.3 Å². The number of nitrogens with one attached hydrogen (secondary N) is 1. The summed E-state index contributed by atoms with van der Waals surface area (Å²) in [5, 5.41) is 2.47. The van der Waals surface area contributed by atoms with Gasteiger partial charge in [0.1, 0.15) is 23.0 Å². The molecule has 2 aromatic carbocycles. The lowest BCUT2D eigenvalue weighted by atomic mass is 9.90. The van der Waals surface area contributed by atoms with Gasteiger partial charge in [-0.3, -0.25) is 4.79 Å².